The van der Waals surface area contributed by atoms with Gasteiger partial charge in [-0.05, 0) is 53.6 Å². The second-order valence-electron chi connectivity index (χ2n) is 7.46. The van der Waals surface area contributed by atoms with Crippen molar-refractivity contribution >= 4 is 17.7 Å². The van der Waals surface area contributed by atoms with Crippen LogP contribution in [0.3, 0.4) is 0 Å². The highest BCUT2D eigenvalue weighted by atomic mass is 35.5. The fourth-order valence-electron chi connectivity index (χ4n) is 3.50. The molecule has 0 amide bonds. The maximum absolute atomic E-state index is 14.5. The minimum Gasteiger partial charge on any atom is -0.497 e. The number of benzene rings is 3. The number of rotatable bonds is 7. The van der Waals surface area contributed by atoms with Crippen molar-refractivity contribution in [1.82, 2.24) is 9.78 Å². The number of hydrogen-bond donors (Lipinski definition) is 0. The van der Waals surface area contributed by atoms with Gasteiger partial charge in [0.2, 0.25) is 0 Å². The van der Waals surface area contributed by atoms with E-state index >= 15 is 0 Å². The zero-order valence-corrected chi connectivity index (χ0v) is 19.4. The highest BCUT2D eigenvalue weighted by Crippen LogP contribution is 2.32. The van der Waals surface area contributed by atoms with Crippen LogP contribution in [0.1, 0.15) is 5.56 Å². The summed E-state index contributed by atoms with van der Waals surface area (Å²) in [4.78, 5) is 12.9. The van der Waals surface area contributed by atoms with E-state index < -0.39 is 5.82 Å². The summed E-state index contributed by atoms with van der Waals surface area (Å²) in [5.74, 6) is 0.311. The van der Waals surface area contributed by atoms with Gasteiger partial charge in [0.25, 0.3) is 5.56 Å². The van der Waals surface area contributed by atoms with Crippen LogP contribution < -0.4 is 15.0 Å². The maximum Gasteiger partial charge on any atom is 0.267 e. The number of aromatic nitrogens is 2. The lowest BCUT2D eigenvalue weighted by Crippen LogP contribution is -2.22. The Kier molecular flexibility index (Phi) is 7.09. The van der Waals surface area contributed by atoms with Crippen molar-refractivity contribution in [2.75, 3.05) is 14.2 Å². The van der Waals surface area contributed by atoms with Crippen molar-refractivity contribution in [3.63, 3.8) is 0 Å². The van der Waals surface area contributed by atoms with Gasteiger partial charge in [-0.25, -0.2) is 9.07 Å². The topological polar surface area (TPSA) is 53.4 Å². The molecule has 0 aliphatic carbocycles. The summed E-state index contributed by atoms with van der Waals surface area (Å²) in [6.45, 7) is 0.246. The van der Waals surface area contributed by atoms with Crippen LogP contribution in [-0.4, -0.2) is 24.0 Å². The Morgan fingerprint density at radius 2 is 1.65 bits per heavy atom. The van der Waals surface area contributed by atoms with Gasteiger partial charge in [-0.1, -0.05) is 48.0 Å². The number of halogens is 2. The number of nitrogens with zero attached hydrogens (tertiary/aromatic N) is 2. The highest BCUT2D eigenvalue weighted by Gasteiger charge is 2.15. The monoisotopic (exact) mass is 476 g/mol. The third kappa shape index (κ3) is 5.18. The summed E-state index contributed by atoms with van der Waals surface area (Å²) in [6, 6.07) is 20.8. The van der Waals surface area contributed by atoms with E-state index in [0.717, 1.165) is 11.1 Å². The average Bonchev–Trinajstić information content (AvgIpc) is 2.86. The summed E-state index contributed by atoms with van der Waals surface area (Å²) >= 11 is 5.93. The van der Waals surface area contributed by atoms with Crippen molar-refractivity contribution in [2.45, 2.75) is 6.54 Å². The quantitative estimate of drug-likeness (QED) is 0.323. The molecule has 172 valence electrons. The summed E-state index contributed by atoms with van der Waals surface area (Å²) in [6.07, 6.45) is 3.72. The average molecular weight is 477 g/mol. The van der Waals surface area contributed by atoms with Gasteiger partial charge in [-0.3, -0.25) is 4.79 Å². The van der Waals surface area contributed by atoms with E-state index in [-0.39, 0.29) is 17.9 Å². The molecule has 0 saturated carbocycles. The summed E-state index contributed by atoms with van der Waals surface area (Å²) in [7, 11) is 2.99. The van der Waals surface area contributed by atoms with Crippen LogP contribution in [0.15, 0.2) is 83.7 Å². The van der Waals surface area contributed by atoms with Gasteiger partial charge < -0.3 is 9.47 Å². The first kappa shape index (κ1) is 23.3. The van der Waals surface area contributed by atoms with Crippen molar-refractivity contribution < 1.29 is 13.9 Å². The second kappa shape index (κ2) is 10.4. The van der Waals surface area contributed by atoms with E-state index in [1.54, 1.807) is 43.5 Å². The van der Waals surface area contributed by atoms with E-state index in [1.165, 1.54) is 23.9 Å². The third-order valence-electron chi connectivity index (χ3n) is 5.28. The SMILES string of the molecule is COc1ccc(-c2cc(=O)n(CC=Cc3ccc(Cl)cc3)nc2-c2ccc(OC)c(F)c2)cc1. The first-order valence-corrected chi connectivity index (χ1v) is 10.9. The zero-order chi connectivity index (χ0) is 24.1. The predicted octanol–water partition coefficient (Wildman–Crippen LogP) is 6.10. The van der Waals surface area contributed by atoms with E-state index in [0.29, 0.717) is 27.6 Å². The highest BCUT2D eigenvalue weighted by molar-refractivity contribution is 6.30. The fourth-order valence-corrected chi connectivity index (χ4v) is 3.63. The predicted molar refractivity (Wildman–Crippen MR) is 133 cm³/mol. The minimum absolute atomic E-state index is 0.133. The Balaban J connectivity index is 1.76. The molecule has 0 N–H and O–H groups in total. The molecule has 0 spiro atoms. The molecule has 5 nitrogen and oxygen atoms in total. The van der Waals surface area contributed by atoms with Gasteiger partial charge in [0.1, 0.15) is 5.75 Å². The number of ether oxygens (including phenoxy) is 2. The van der Waals surface area contributed by atoms with Gasteiger partial charge in [0.05, 0.1) is 26.5 Å². The van der Waals surface area contributed by atoms with E-state index in [2.05, 4.69) is 5.10 Å². The van der Waals surface area contributed by atoms with Crippen LogP contribution in [0.5, 0.6) is 11.5 Å². The molecule has 4 rings (SSSR count). The first-order valence-electron chi connectivity index (χ1n) is 10.5. The molecule has 0 radical (unpaired) electrons. The summed E-state index contributed by atoms with van der Waals surface area (Å²) in [5, 5.41) is 5.25. The van der Waals surface area contributed by atoms with Crippen molar-refractivity contribution in [3.05, 3.63) is 106 Å². The van der Waals surface area contributed by atoms with Gasteiger partial charge in [-0.2, -0.15) is 5.10 Å². The minimum atomic E-state index is -0.511. The Labute approximate surface area is 201 Å². The van der Waals surface area contributed by atoms with E-state index in [1.807, 2.05) is 36.4 Å². The lowest BCUT2D eigenvalue weighted by atomic mass is 9.99. The van der Waals surface area contributed by atoms with Crippen LogP contribution in [0.4, 0.5) is 4.39 Å². The molecule has 3 aromatic carbocycles. The van der Waals surface area contributed by atoms with Crippen LogP contribution in [-0.2, 0) is 6.54 Å². The molecule has 7 heteroatoms. The fraction of sp³-hybridized carbons (Fsp3) is 0.111. The molecular formula is C27H22ClFN2O3. The van der Waals surface area contributed by atoms with Gasteiger partial charge in [0.15, 0.2) is 11.6 Å². The Morgan fingerprint density at radius 1 is 0.941 bits per heavy atom. The standard InChI is InChI=1S/C27H22ClFN2O3/c1-33-22-12-7-19(8-13-22)23-17-26(32)31(15-3-4-18-5-10-21(28)11-6-18)30-27(23)20-9-14-25(34-2)24(29)16-20/h3-14,16-17H,15H2,1-2H3. The van der Waals surface area contributed by atoms with Crippen molar-refractivity contribution in [1.29, 1.82) is 0 Å². The van der Waals surface area contributed by atoms with Crippen LogP contribution in [0, 0.1) is 5.82 Å². The summed E-state index contributed by atoms with van der Waals surface area (Å²) < 4.78 is 26.1. The zero-order valence-electron chi connectivity index (χ0n) is 18.7. The molecule has 0 fully saturated rings. The molecular weight excluding hydrogens is 455 g/mol. The molecule has 1 aromatic heterocycles. The first-order chi connectivity index (χ1) is 16.5. The Bertz CT molecular complexity index is 1380. The molecule has 0 saturated heterocycles. The van der Waals surface area contributed by atoms with Crippen LogP contribution in [0.2, 0.25) is 5.02 Å². The van der Waals surface area contributed by atoms with E-state index in [9.17, 15) is 9.18 Å². The smallest absolute Gasteiger partial charge is 0.267 e. The lowest BCUT2D eigenvalue weighted by molar-refractivity contribution is 0.386. The van der Waals surface area contributed by atoms with Crippen LogP contribution >= 0.6 is 11.6 Å². The molecule has 34 heavy (non-hydrogen) atoms. The molecule has 0 aliphatic rings. The Hall–Kier alpha value is -3.90. The maximum atomic E-state index is 14.5. The van der Waals surface area contributed by atoms with Gasteiger partial charge in [-0.15, -0.1) is 0 Å². The largest absolute Gasteiger partial charge is 0.497 e. The number of hydrogen-bond acceptors (Lipinski definition) is 4. The van der Waals surface area contributed by atoms with Gasteiger partial charge >= 0.3 is 0 Å². The second-order valence-corrected chi connectivity index (χ2v) is 7.90. The number of methoxy groups -OCH3 is 2. The Morgan fingerprint density at radius 3 is 2.29 bits per heavy atom. The molecule has 0 aliphatic heterocycles. The van der Waals surface area contributed by atoms with Gasteiger partial charge in [0, 0.05) is 22.2 Å². The number of allylic oxidation sites excluding steroid dienone is 1. The molecule has 4 aromatic rings. The van der Waals surface area contributed by atoms with Crippen LogP contribution in [0.25, 0.3) is 28.5 Å². The van der Waals surface area contributed by atoms with Crippen molar-refractivity contribution in [3.8, 4) is 33.9 Å². The molecule has 0 unspecified atom stereocenters. The lowest BCUT2D eigenvalue weighted by Gasteiger charge is -2.13. The van der Waals surface area contributed by atoms with Crippen molar-refractivity contribution in [2.24, 2.45) is 0 Å². The normalized spacial score (nSPS) is 11.1. The molecule has 0 bridgehead atoms. The molecule has 0 atom stereocenters. The molecule has 1 heterocycles. The van der Waals surface area contributed by atoms with E-state index in [4.69, 9.17) is 21.1 Å². The summed E-state index contributed by atoms with van der Waals surface area (Å²) in [5.41, 5.74) is 3.04. The third-order valence-corrected chi connectivity index (χ3v) is 5.53.